The lowest BCUT2D eigenvalue weighted by Crippen LogP contribution is -2.53. The Morgan fingerprint density at radius 1 is 1.18 bits per heavy atom. The van der Waals surface area contributed by atoms with E-state index in [1.165, 1.54) is 0 Å². The van der Waals surface area contributed by atoms with E-state index in [0.717, 1.165) is 50.4 Å². The summed E-state index contributed by atoms with van der Waals surface area (Å²) in [7, 11) is 0. The SMILES string of the molecule is Cc1ccc(C2(C3CCC(O)CC3)COC2)o1. The predicted octanol–water partition coefficient (Wildman–Crippen LogP) is 2.41. The number of hydrogen-bond acceptors (Lipinski definition) is 3. The number of aliphatic hydroxyl groups excluding tert-OH is 1. The zero-order valence-corrected chi connectivity index (χ0v) is 10.3. The molecule has 3 nitrogen and oxygen atoms in total. The van der Waals surface area contributed by atoms with Crippen molar-refractivity contribution in [1.82, 2.24) is 0 Å². The fourth-order valence-electron chi connectivity index (χ4n) is 3.23. The molecule has 1 aliphatic heterocycles. The third-order valence-electron chi connectivity index (χ3n) is 4.43. The summed E-state index contributed by atoms with van der Waals surface area (Å²) in [6.07, 6.45) is 3.93. The van der Waals surface area contributed by atoms with Gasteiger partial charge in [0.25, 0.3) is 0 Å². The normalized spacial score (nSPS) is 32.1. The van der Waals surface area contributed by atoms with Crippen LogP contribution >= 0.6 is 0 Å². The zero-order valence-electron chi connectivity index (χ0n) is 10.3. The summed E-state index contributed by atoms with van der Waals surface area (Å²) < 4.78 is 11.3. The first-order valence-corrected chi connectivity index (χ1v) is 6.53. The Balaban J connectivity index is 1.82. The van der Waals surface area contributed by atoms with Crippen molar-refractivity contribution in [3.05, 3.63) is 23.7 Å². The van der Waals surface area contributed by atoms with Gasteiger partial charge in [-0.2, -0.15) is 0 Å². The van der Waals surface area contributed by atoms with E-state index < -0.39 is 0 Å². The topological polar surface area (TPSA) is 42.6 Å². The number of aliphatic hydroxyl groups is 1. The highest BCUT2D eigenvalue weighted by Gasteiger charge is 2.49. The molecule has 0 atom stereocenters. The minimum Gasteiger partial charge on any atom is -0.466 e. The van der Waals surface area contributed by atoms with Gasteiger partial charge >= 0.3 is 0 Å². The lowest BCUT2D eigenvalue weighted by atomic mass is 9.65. The molecule has 1 aromatic rings. The van der Waals surface area contributed by atoms with Crippen LogP contribution in [0.15, 0.2) is 16.5 Å². The van der Waals surface area contributed by atoms with Crippen LogP contribution in [0.2, 0.25) is 0 Å². The van der Waals surface area contributed by atoms with Gasteiger partial charge < -0.3 is 14.3 Å². The van der Waals surface area contributed by atoms with Gasteiger partial charge in [-0.1, -0.05) is 0 Å². The Morgan fingerprint density at radius 2 is 1.88 bits per heavy atom. The van der Waals surface area contributed by atoms with Crippen LogP contribution in [-0.2, 0) is 10.2 Å². The van der Waals surface area contributed by atoms with Crippen molar-refractivity contribution in [3.63, 3.8) is 0 Å². The molecule has 0 bridgehead atoms. The summed E-state index contributed by atoms with van der Waals surface area (Å²) in [6, 6.07) is 4.13. The Labute approximate surface area is 102 Å². The monoisotopic (exact) mass is 236 g/mol. The van der Waals surface area contributed by atoms with Crippen molar-refractivity contribution in [3.8, 4) is 0 Å². The van der Waals surface area contributed by atoms with E-state index in [9.17, 15) is 5.11 Å². The highest BCUT2D eigenvalue weighted by molar-refractivity contribution is 5.22. The summed E-state index contributed by atoms with van der Waals surface area (Å²) in [4.78, 5) is 0. The number of furan rings is 1. The Hall–Kier alpha value is -0.800. The minimum atomic E-state index is -0.0948. The maximum atomic E-state index is 9.60. The molecular weight excluding hydrogens is 216 g/mol. The molecule has 1 aliphatic carbocycles. The van der Waals surface area contributed by atoms with Gasteiger partial charge in [0, 0.05) is 0 Å². The van der Waals surface area contributed by atoms with Crippen LogP contribution in [0.5, 0.6) is 0 Å². The van der Waals surface area contributed by atoms with Crippen molar-refractivity contribution in [2.75, 3.05) is 13.2 Å². The van der Waals surface area contributed by atoms with Crippen molar-refractivity contribution in [1.29, 1.82) is 0 Å². The molecule has 1 aromatic heterocycles. The molecule has 94 valence electrons. The second-order valence-corrected chi connectivity index (χ2v) is 5.56. The highest BCUT2D eigenvalue weighted by Crippen LogP contribution is 2.46. The molecule has 3 rings (SSSR count). The Bertz CT molecular complexity index is 384. The molecule has 17 heavy (non-hydrogen) atoms. The summed E-state index contributed by atoms with van der Waals surface area (Å²) in [5.74, 6) is 2.66. The molecule has 0 spiro atoms. The van der Waals surface area contributed by atoms with E-state index in [0.29, 0.717) is 5.92 Å². The predicted molar refractivity (Wildman–Crippen MR) is 63.9 cm³/mol. The third-order valence-corrected chi connectivity index (χ3v) is 4.43. The number of ether oxygens (including phenoxy) is 1. The quantitative estimate of drug-likeness (QED) is 0.857. The smallest absolute Gasteiger partial charge is 0.115 e. The lowest BCUT2D eigenvalue weighted by Gasteiger charge is -2.47. The average Bonchev–Trinajstić information content (AvgIpc) is 2.67. The zero-order chi connectivity index (χ0) is 11.9. The molecule has 2 aliphatic rings. The standard InChI is InChI=1S/C14H20O3/c1-10-2-7-13(17-10)14(8-16-9-14)11-3-5-12(15)6-4-11/h2,7,11-12,15H,3-6,8-9H2,1H3. The van der Waals surface area contributed by atoms with Gasteiger partial charge in [-0.15, -0.1) is 0 Å². The number of rotatable bonds is 2. The molecule has 0 unspecified atom stereocenters. The van der Waals surface area contributed by atoms with Crippen molar-refractivity contribution >= 4 is 0 Å². The Morgan fingerprint density at radius 3 is 2.35 bits per heavy atom. The van der Waals surface area contributed by atoms with E-state index in [4.69, 9.17) is 9.15 Å². The highest BCUT2D eigenvalue weighted by atomic mass is 16.5. The van der Waals surface area contributed by atoms with Gasteiger partial charge in [-0.3, -0.25) is 0 Å². The van der Waals surface area contributed by atoms with Crippen molar-refractivity contribution in [2.24, 2.45) is 5.92 Å². The first kappa shape index (κ1) is 11.3. The van der Waals surface area contributed by atoms with Gasteiger partial charge in [0.2, 0.25) is 0 Å². The first-order valence-electron chi connectivity index (χ1n) is 6.53. The van der Waals surface area contributed by atoms with Gasteiger partial charge in [0.1, 0.15) is 11.5 Å². The molecule has 1 saturated carbocycles. The van der Waals surface area contributed by atoms with E-state index in [2.05, 4.69) is 6.07 Å². The minimum absolute atomic E-state index is 0.0917. The molecule has 0 aromatic carbocycles. The molecule has 1 N–H and O–H groups in total. The van der Waals surface area contributed by atoms with Gasteiger partial charge in [0.05, 0.1) is 24.7 Å². The van der Waals surface area contributed by atoms with Gasteiger partial charge in [-0.05, 0) is 50.7 Å². The Kier molecular flexibility index (Phi) is 2.75. The van der Waals surface area contributed by atoms with Crippen LogP contribution in [0.4, 0.5) is 0 Å². The van der Waals surface area contributed by atoms with Crippen LogP contribution in [0.3, 0.4) is 0 Å². The molecule has 0 radical (unpaired) electrons. The van der Waals surface area contributed by atoms with Gasteiger partial charge in [-0.25, -0.2) is 0 Å². The number of aryl methyl sites for hydroxylation is 1. The van der Waals surface area contributed by atoms with Crippen molar-refractivity contribution in [2.45, 2.75) is 44.1 Å². The molecule has 2 fully saturated rings. The summed E-state index contributed by atoms with van der Waals surface area (Å²) in [5, 5.41) is 9.60. The summed E-state index contributed by atoms with van der Waals surface area (Å²) in [5.41, 5.74) is 0.0917. The van der Waals surface area contributed by atoms with Crippen LogP contribution < -0.4 is 0 Å². The molecule has 2 heterocycles. The largest absolute Gasteiger partial charge is 0.466 e. The molecular formula is C14H20O3. The fraction of sp³-hybridized carbons (Fsp3) is 0.714. The maximum Gasteiger partial charge on any atom is 0.115 e. The average molecular weight is 236 g/mol. The van der Waals surface area contributed by atoms with E-state index in [-0.39, 0.29) is 11.5 Å². The van der Waals surface area contributed by atoms with Crippen LogP contribution in [0.1, 0.15) is 37.2 Å². The number of hydrogen-bond donors (Lipinski definition) is 1. The third kappa shape index (κ3) is 1.81. The molecule has 3 heteroatoms. The van der Waals surface area contributed by atoms with Crippen LogP contribution in [-0.4, -0.2) is 24.4 Å². The second kappa shape index (κ2) is 4.14. The van der Waals surface area contributed by atoms with Crippen LogP contribution in [0, 0.1) is 12.8 Å². The first-order chi connectivity index (χ1) is 8.21. The maximum absolute atomic E-state index is 9.60. The molecule has 0 amide bonds. The lowest BCUT2D eigenvalue weighted by molar-refractivity contribution is -0.113. The summed E-state index contributed by atoms with van der Waals surface area (Å²) >= 11 is 0. The van der Waals surface area contributed by atoms with Crippen LogP contribution in [0.25, 0.3) is 0 Å². The van der Waals surface area contributed by atoms with Gasteiger partial charge in [0.15, 0.2) is 0 Å². The molecule has 1 saturated heterocycles. The van der Waals surface area contributed by atoms with E-state index in [1.54, 1.807) is 0 Å². The van der Waals surface area contributed by atoms with Crippen molar-refractivity contribution < 1.29 is 14.3 Å². The summed E-state index contributed by atoms with van der Waals surface area (Å²) in [6.45, 7) is 3.54. The van der Waals surface area contributed by atoms with E-state index >= 15 is 0 Å². The fourth-order valence-corrected chi connectivity index (χ4v) is 3.23. The van der Waals surface area contributed by atoms with E-state index in [1.807, 2.05) is 13.0 Å². The second-order valence-electron chi connectivity index (χ2n) is 5.56.